The lowest BCUT2D eigenvalue weighted by Crippen LogP contribution is -2.17. The number of para-hydroxylation sites is 1. The molecule has 4 N–H and O–H groups in total. The van der Waals surface area contributed by atoms with Gasteiger partial charge in [0.05, 0.1) is 18.1 Å². The Morgan fingerprint density at radius 2 is 2.16 bits per heavy atom. The number of nitrogens with zero attached hydrogens (tertiary/aromatic N) is 2. The van der Waals surface area contributed by atoms with Gasteiger partial charge in [0.2, 0.25) is 0 Å². The minimum absolute atomic E-state index is 0.0191. The predicted molar refractivity (Wildman–Crippen MR) is 71.9 cm³/mol. The van der Waals surface area contributed by atoms with Crippen LogP contribution in [-0.4, -0.2) is 15.9 Å². The summed E-state index contributed by atoms with van der Waals surface area (Å²) >= 11 is 3.15. The van der Waals surface area contributed by atoms with Gasteiger partial charge in [-0.05, 0) is 28.1 Å². The Hall–Kier alpha value is -2.06. The van der Waals surface area contributed by atoms with Gasteiger partial charge in [0.15, 0.2) is 5.82 Å². The quantitative estimate of drug-likeness (QED) is 0.592. The van der Waals surface area contributed by atoms with Crippen molar-refractivity contribution in [2.24, 2.45) is 5.84 Å². The molecule has 0 saturated heterocycles. The van der Waals surface area contributed by atoms with Gasteiger partial charge in [0, 0.05) is 4.47 Å². The van der Waals surface area contributed by atoms with Crippen molar-refractivity contribution in [3.05, 3.63) is 46.6 Å². The molecule has 1 aromatic heterocycles. The maximum Gasteiger partial charge on any atom is 0.276 e. The van der Waals surface area contributed by atoms with Crippen LogP contribution in [-0.2, 0) is 0 Å². The minimum Gasteiger partial charge on any atom is -0.317 e. The average molecular weight is 326 g/mol. The van der Waals surface area contributed by atoms with Crippen molar-refractivity contribution in [1.82, 2.24) is 9.97 Å². The number of hydrazine groups is 1. The number of nitrogens with one attached hydrogen (secondary N) is 2. The third-order valence-corrected chi connectivity index (χ3v) is 2.88. The Morgan fingerprint density at radius 1 is 1.37 bits per heavy atom. The van der Waals surface area contributed by atoms with Crippen LogP contribution in [0.2, 0.25) is 0 Å². The number of anilines is 2. The van der Waals surface area contributed by atoms with Gasteiger partial charge < -0.3 is 10.7 Å². The van der Waals surface area contributed by atoms with Crippen LogP contribution in [0, 0.1) is 5.82 Å². The first-order valence-electron chi connectivity index (χ1n) is 5.16. The van der Waals surface area contributed by atoms with Crippen molar-refractivity contribution < 1.29 is 9.18 Å². The molecule has 2 aromatic rings. The average Bonchev–Trinajstić information content (AvgIpc) is 2.43. The summed E-state index contributed by atoms with van der Waals surface area (Å²) in [5, 5.41) is 2.41. The van der Waals surface area contributed by atoms with E-state index in [0.29, 0.717) is 4.47 Å². The highest BCUT2D eigenvalue weighted by molar-refractivity contribution is 9.10. The molecule has 0 spiro atoms. The summed E-state index contributed by atoms with van der Waals surface area (Å²) in [6.07, 6.45) is 2.61. The number of nitrogen functional groups attached to an aromatic ring is 1. The summed E-state index contributed by atoms with van der Waals surface area (Å²) in [6, 6.07) is 4.37. The maximum absolute atomic E-state index is 13.6. The van der Waals surface area contributed by atoms with E-state index in [4.69, 9.17) is 5.84 Å². The van der Waals surface area contributed by atoms with E-state index in [1.807, 2.05) is 0 Å². The Morgan fingerprint density at radius 3 is 2.84 bits per heavy atom. The molecule has 0 bridgehead atoms. The van der Waals surface area contributed by atoms with Crippen LogP contribution in [0.25, 0.3) is 0 Å². The van der Waals surface area contributed by atoms with Crippen molar-refractivity contribution in [2.75, 3.05) is 10.7 Å². The van der Waals surface area contributed by atoms with Crippen LogP contribution in [0.3, 0.4) is 0 Å². The van der Waals surface area contributed by atoms with Crippen molar-refractivity contribution >= 4 is 33.3 Å². The molecule has 8 heteroatoms. The third-order valence-electron chi connectivity index (χ3n) is 2.22. The van der Waals surface area contributed by atoms with E-state index in [1.54, 1.807) is 6.07 Å². The fraction of sp³-hybridized carbons (Fsp3) is 0. The van der Waals surface area contributed by atoms with Gasteiger partial charge in [-0.25, -0.2) is 15.2 Å². The van der Waals surface area contributed by atoms with Crippen molar-refractivity contribution in [2.45, 2.75) is 0 Å². The number of carbonyl (C=O) groups is 1. The zero-order valence-electron chi connectivity index (χ0n) is 9.52. The summed E-state index contributed by atoms with van der Waals surface area (Å²) in [4.78, 5) is 19.6. The van der Waals surface area contributed by atoms with Crippen LogP contribution in [0.1, 0.15) is 10.5 Å². The second kappa shape index (κ2) is 5.72. The van der Waals surface area contributed by atoms with Crippen LogP contribution >= 0.6 is 15.9 Å². The molecule has 1 aromatic carbocycles. The van der Waals surface area contributed by atoms with Crippen molar-refractivity contribution in [3.63, 3.8) is 0 Å². The highest BCUT2D eigenvalue weighted by Gasteiger charge is 2.13. The number of halogens is 2. The monoisotopic (exact) mass is 325 g/mol. The molecule has 19 heavy (non-hydrogen) atoms. The van der Waals surface area contributed by atoms with E-state index in [-0.39, 0.29) is 17.2 Å². The topological polar surface area (TPSA) is 92.9 Å². The normalized spacial score (nSPS) is 10.1. The number of aromatic nitrogens is 2. The molecule has 0 atom stereocenters. The lowest BCUT2D eigenvalue weighted by molar-refractivity contribution is 0.102. The smallest absolute Gasteiger partial charge is 0.276 e. The van der Waals surface area contributed by atoms with Gasteiger partial charge in [0.1, 0.15) is 11.5 Å². The van der Waals surface area contributed by atoms with Gasteiger partial charge in [-0.15, -0.1) is 0 Å². The second-order valence-electron chi connectivity index (χ2n) is 3.48. The first-order valence-corrected chi connectivity index (χ1v) is 5.95. The first-order chi connectivity index (χ1) is 9.11. The van der Waals surface area contributed by atoms with Crippen molar-refractivity contribution in [3.8, 4) is 0 Å². The first kappa shape index (κ1) is 13.4. The number of nitrogens with two attached hydrogens (primary N) is 1. The fourth-order valence-corrected chi connectivity index (χ4v) is 1.78. The Bertz CT molecular complexity index is 602. The second-order valence-corrected chi connectivity index (χ2v) is 4.34. The molecule has 0 aliphatic rings. The summed E-state index contributed by atoms with van der Waals surface area (Å²) < 4.78 is 14.0. The minimum atomic E-state index is -0.588. The molecule has 1 heterocycles. The summed E-state index contributed by atoms with van der Waals surface area (Å²) in [5.74, 6) is 4.26. The molecule has 0 radical (unpaired) electrons. The summed E-state index contributed by atoms with van der Waals surface area (Å²) in [7, 11) is 0. The molecular weight excluding hydrogens is 317 g/mol. The number of carbonyl (C=O) groups excluding carboxylic acids is 1. The predicted octanol–water partition coefficient (Wildman–Crippen LogP) is 1.92. The number of hydrogen-bond acceptors (Lipinski definition) is 5. The third kappa shape index (κ3) is 3.04. The zero-order chi connectivity index (χ0) is 13.8. The molecule has 0 fully saturated rings. The SMILES string of the molecule is NNc1cncc(C(=O)Nc2c(F)cccc2Br)n1. The molecule has 0 aliphatic carbocycles. The highest BCUT2D eigenvalue weighted by atomic mass is 79.9. The summed E-state index contributed by atoms with van der Waals surface area (Å²) in [6.45, 7) is 0. The number of amides is 1. The highest BCUT2D eigenvalue weighted by Crippen LogP contribution is 2.25. The van der Waals surface area contributed by atoms with E-state index >= 15 is 0 Å². The molecule has 0 saturated carbocycles. The molecular formula is C11H9BrFN5O. The van der Waals surface area contributed by atoms with E-state index in [1.165, 1.54) is 24.5 Å². The van der Waals surface area contributed by atoms with Gasteiger partial charge in [0.25, 0.3) is 5.91 Å². The number of hydrogen-bond donors (Lipinski definition) is 3. The maximum atomic E-state index is 13.6. The Balaban J connectivity index is 2.25. The largest absolute Gasteiger partial charge is 0.317 e. The number of benzene rings is 1. The molecule has 98 valence electrons. The van der Waals surface area contributed by atoms with E-state index in [0.717, 1.165) is 0 Å². The van der Waals surface area contributed by atoms with Gasteiger partial charge in [-0.3, -0.25) is 9.78 Å². The van der Waals surface area contributed by atoms with Crippen LogP contribution < -0.4 is 16.6 Å². The molecule has 2 rings (SSSR count). The Labute approximate surface area is 116 Å². The lowest BCUT2D eigenvalue weighted by atomic mass is 10.3. The number of rotatable bonds is 3. The van der Waals surface area contributed by atoms with E-state index < -0.39 is 11.7 Å². The van der Waals surface area contributed by atoms with Crippen LogP contribution in [0.5, 0.6) is 0 Å². The van der Waals surface area contributed by atoms with E-state index in [9.17, 15) is 9.18 Å². The van der Waals surface area contributed by atoms with Gasteiger partial charge >= 0.3 is 0 Å². The zero-order valence-corrected chi connectivity index (χ0v) is 11.1. The van der Waals surface area contributed by atoms with Gasteiger partial charge in [-0.1, -0.05) is 6.07 Å². The fourth-order valence-electron chi connectivity index (χ4n) is 1.34. The molecule has 6 nitrogen and oxygen atoms in total. The summed E-state index contributed by atoms with van der Waals surface area (Å²) in [5.41, 5.74) is 2.33. The molecule has 0 unspecified atom stereocenters. The molecule has 1 amide bonds. The standard InChI is InChI=1S/C11H9BrFN5O/c12-6-2-1-3-7(13)10(6)17-11(19)8-4-15-5-9(16-8)18-14/h1-5H,14H2,(H,16,18)(H,17,19). The molecule has 0 aliphatic heterocycles. The van der Waals surface area contributed by atoms with Crippen molar-refractivity contribution in [1.29, 1.82) is 0 Å². The van der Waals surface area contributed by atoms with Crippen LogP contribution in [0.4, 0.5) is 15.9 Å². The Kier molecular flexibility index (Phi) is 4.03. The van der Waals surface area contributed by atoms with Gasteiger partial charge in [-0.2, -0.15) is 0 Å². The lowest BCUT2D eigenvalue weighted by Gasteiger charge is -2.08. The van der Waals surface area contributed by atoms with E-state index in [2.05, 4.69) is 36.6 Å². The van der Waals surface area contributed by atoms with Crippen LogP contribution in [0.15, 0.2) is 35.1 Å².